The van der Waals surface area contributed by atoms with Crippen molar-refractivity contribution in [1.82, 2.24) is 0 Å². The van der Waals surface area contributed by atoms with E-state index in [1.165, 1.54) is 4.90 Å². The molecule has 2 aromatic rings. The maximum Gasteiger partial charge on any atom is 0.292 e. The van der Waals surface area contributed by atoms with Crippen LogP contribution in [0.2, 0.25) is 5.02 Å². The van der Waals surface area contributed by atoms with E-state index in [2.05, 4.69) is 4.90 Å². The van der Waals surface area contributed by atoms with Gasteiger partial charge in [0, 0.05) is 0 Å². The van der Waals surface area contributed by atoms with Crippen LogP contribution in [0.25, 0.3) is 0 Å². The Hall–Kier alpha value is -2.57. The fourth-order valence-corrected chi connectivity index (χ4v) is 4.33. The number of methoxy groups -OCH3 is 1. The molecule has 0 saturated carbocycles. The lowest BCUT2D eigenvalue weighted by Gasteiger charge is -2.36. The lowest BCUT2D eigenvalue weighted by atomic mass is 10.1. The second-order valence-corrected chi connectivity index (χ2v) is 7.50. The Labute approximate surface area is 169 Å². The van der Waals surface area contributed by atoms with E-state index in [1.54, 1.807) is 31.4 Å². The third-order valence-electron chi connectivity index (χ3n) is 5.56. The van der Waals surface area contributed by atoms with Crippen molar-refractivity contribution >= 4 is 34.8 Å². The normalized spacial score (nSPS) is 20.7. The molecule has 1 N–H and O–H groups in total. The number of quaternary nitrogens is 1. The zero-order valence-electron chi connectivity index (χ0n) is 15.7. The number of rotatable bonds is 4. The molecular formula is C21H23ClN3O3+. The number of nitrogens with one attached hydrogen (secondary N) is 1. The van der Waals surface area contributed by atoms with Crippen molar-refractivity contribution in [3.8, 4) is 5.75 Å². The first-order valence-corrected chi connectivity index (χ1v) is 9.82. The second kappa shape index (κ2) is 7.81. The highest BCUT2D eigenvalue weighted by Gasteiger charge is 2.47. The molecule has 2 aliphatic rings. The second-order valence-electron chi connectivity index (χ2n) is 7.09. The molecule has 2 heterocycles. The minimum Gasteiger partial charge on any atom is -0.495 e. The zero-order valence-corrected chi connectivity index (χ0v) is 16.5. The Bertz CT molecular complexity index is 896. The van der Waals surface area contributed by atoms with Gasteiger partial charge in [-0.15, -0.1) is 0 Å². The first-order chi connectivity index (χ1) is 13.6. The summed E-state index contributed by atoms with van der Waals surface area (Å²) in [5, 5.41) is 0.417. The number of para-hydroxylation sites is 3. The van der Waals surface area contributed by atoms with Crippen LogP contribution in [0.15, 0.2) is 48.5 Å². The van der Waals surface area contributed by atoms with E-state index in [-0.39, 0.29) is 24.3 Å². The summed E-state index contributed by atoms with van der Waals surface area (Å²) in [7, 11) is 1.67. The van der Waals surface area contributed by atoms with Crippen LogP contribution in [0.3, 0.4) is 0 Å². The minimum absolute atomic E-state index is 0.154. The van der Waals surface area contributed by atoms with Crippen molar-refractivity contribution in [1.29, 1.82) is 0 Å². The first-order valence-electron chi connectivity index (χ1n) is 9.44. The molecule has 6 nitrogen and oxygen atoms in total. The molecule has 0 unspecified atom stereocenters. The van der Waals surface area contributed by atoms with E-state index in [0.29, 0.717) is 10.7 Å². The zero-order chi connectivity index (χ0) is 19.7. The first kappa shape index (κ1) is 18.8. The summed E-state index contributed by atoms with van der Waals surface area (Å²) >= 11 is 6.21. The predicted octanol–water partition coefficient (Wildman–Crippen LogP) is 1.39. The standard InChI is InChI=1S/C21H22ClN3O3/c1-28-19-9-5-4-8-17(19)23-10-12-24(13-11-23)18-14-20(26)25(21(18)27)16-7-3-2-6-15(16)22/h2-9,18H,10-14H2,1H3/p+1/t18-/m1/s1. The average molecular weight is 401 g/mol. The number of nitrogens with zero attached hydrogens (tertiary/aromatic N) is 2. The van der Waals surface area contributed by atoms with Crippen LogP contribution in [0.1, 0.15) is 6.42 Å². The van der Waals surface area contributed by atoms with Gasteiger partial charge in [0.05, 0.1) is 56.1 Å². The molecule has 0 aliphatic carbocycles. The number of anilines is 2. The van der Waals surface area contributed by atoms with Gasteiger partial charge in [-0.3, -0.25) is 9.59 Å². The maximum atomic E-state index is 13.0. The van der Waals surface area contributed by atoms with E-state index >= 15 is 0 Å². The third-order valence-corrected chi connectivity index (χ3v) is 5.88. The maximum absolute atomic E-state index is 13.0. The summed E-state index contributed by atoms with van der Waals surface area (Å²) in [5.74, 6) is 0.518. The van der Waals surface area contributed by atoms with E-state index < -0.39 is 0 Å². The van der Waals surface area contributed by atoms with Gasteiger partial charge >= 0.3 is 0 Å². The molecule has 0 radical (unpaired) electrons. The van der Waals surface area contributed by atoms with Crippen LogP contribution >= 0.6 is 11.6 Å². The summed E-state index contributed by atoms with van der Waals surface area (Å²) in [6.45, 7) is 3.19. The summed E-state index contributed by atoms with van der Waals surface area (Å²) in [6, 6.07) is 14.6. The Morgan fingerprint density at radius 3 is 2.32 bits per heavy atom. The summed E-state index contributed by atoms with van der Waals surface area (Å²) in [4.78, 5) is 30.3. The van der Waals surface area contributed by atoms with Crippen LogP contribution in [0.4, 0.5) is 11.4 Å². The van der Waals surface area contributed by atoms with Crippen LogP contribution < -0.4 is 19.4 Å². The third kappa shape index (κ3) is 3.34. The molecule has 1 atom stereocenters. The molecular weight excluding hydrogens is 378 g/mol. The summed E-state index contributed by atoms with van der Waals surface area (Å²) in [5.41, 5.74) is 1.55. The molecule has 0 spiro atoms. The van der Waals surface area contributed by atoms with Gasteiger partial charge in [-0.25, -0.2) is 4.90 Å². The fourth-order valence-electron chi connectivity index (χ4n) is 4.11. The van der Waals surface area contributed by atoms with Gasteiger partial charge < -0.3 is 14.5 Å². The number of carbonyl (C=O) groups is 2. The van der Waals surface area contributed by atoms with Crippen molar-refractivity contribution in [3.63, 3.8) is 0 Å². The van der Waals surface area contributed by atoms with Gasteiger partial charge in [-0.2, -0.15) is 0 Å². The van der Waals surface area contributed by atoms with Crippen molar-refractivity contribution in [2.24, 2.45) is 0 Å². The van der Waals surface area contributed by atoms with E-state index in [4.69, 9.17) is 16.3 Å². The van der Waals surface area contributed by atoms with Crippen molar-refractivity contribution in [2.75, 3.05) is 43.1 Å². The van der Waals surface area contributed by atoms with Crippen molar-refractivity contribution in [3.05, 3.63) is 53.6 Å². The van der Waals surface area contributed by atoms with Crippen molar-refractivity contribution < 1.29 is 19.2 Å². The number of ether oxygens (including phenoxy) is 1. The monoisotopic (exact) mass is 400 g/mol. The SMILES string of the molecule is COc1ccccc1N1CC[NH+]([C@@H]2CC(=O)N(c3ccccc3Cl)C2=O)CC1. The molecule has 2 amide bonds. The Balaban J connectivity index is 1.46. The van der Waals surface area contributed by atoms with E-state index in [0.717, 1.165) is 42.5 Å². The van der Waals surface area contributed by atoms with E-state index in [1.807, 2.05) is 24.3 Å². The highest BCUT2D eigenvalue weighted by molar-refractivity contribution is 6.36. The predicted molar refractivity (Wildman–Crippen MR) is 108 cm³/mol. The number of amides is 2. The number of halogens is 1. The van der Waals surface area contributed by atoms with Crippen LogP contribution in [0, 0.1) is 0 Å². The lowest BCUT2D eigenvalue weighted by molar-refractivity contribution is -0.915. The van der Waals surface area contributed by atoms with Crippen LogP contribution in [-0.4, -0.2) is 51.1 Å². The quantitative estimate of drug-likeness (QED) is 0.788. The van der Waals surface area contributed by atoms with Gasteiger partial charge in [0.2, 0.25) is 5.91 Å². The number of piperazine rings is 1. The number of imide groups is 1. The summed E-state index contributed by atoms with van der Waals surface area (Å²) in [6.07, 6.45) is 0.230. The van der Waals surface area contributed by atoms with Crippen LogP contribution in [0.5, 0.6) is 5.75 Å². The average Bonchev–Trinajstić information content (AvgIpc) is 3.02. The molecule has 28 heavy (non-hydrogen) atoms. The number of hydrogen-bond donors (Lipinski definition) is 1. The van der Waals surface area contributed by atoms with Gasteiger partial charge in [0.1, 0.15) is 5.75 Å². The Morgan fingerprint density at radius 1 is 1.00 bits per heavy atom. The topological polar surface area (TPSA) is 54.3 Å². The smallest absolute Gasteiger partial charge is 0.292 e. The van der Waals surface area contributed by atoms with Gasteiger partial charge in [-0.05, 0) is 24.3 Å². The molecule has 4 rings (SSSR count). The Kier molecular flexibility index (Phi) is 5.24. The highest BCUT2D eigenvalue weighted by atomic mass is 35.5. The highest BCUT2D eigenvalue weighted by Crippen LogP contribution is 2.30. The number of carbonyl (C=O) groups excluding carboxylic acids is 2. The van der Waals surface area contributed by atoms with Crippen LogP contribution in [-0.2, 0) is 9.59 Å². The fraction of sp³-hybridized carbons (Fsp3) is 0.333. The minimum atomic E-state index is -0.344. The molecule has 2 aromatic carbocycles. The lowest BCUT2D eigenvalue weighted by Crippen LogP contribution is -3.19. The molecule has 0 aromatic heterocycles. The van der Waals surface area contributed by atoms with Gasteiger partial charge in [0.15, 0.2) is 6.04 Å². The van der Waals surface area contributed by atoms with Gasteiger partial charge in [-0.1, -0.05) is 35.9 Å². The molecule has 0 bridgehead atoms. The summed E-state index contributed by atoms with van der Waals surface area (Å²) < 4.78 is 5.46. The van der Waals surface area contributed by atoms with Gasteiger partial charge in [0.25, 0.3) is 5.91 Å². The Morgan fingerprint density at radius 2 is 1.64 bits per heavy atom. The molecule has 2 aliphatic heterocycles. The molecule has 2 saturated heterocycles. The molecule has 2 fully saturated rings. The van der Waals surface area contributed by atoms with E-state index in [9.17, 15) is 9.59 Å². The largest absolute Gasteiger partial charge is 0.495 e. The van der Waals surface area contributed by atoms with Crippen molar-refractivity contribution in [2.45, 2.75) is 12.5 Å². The molecule has 7 heteroatoms. The number of benzene rings is 2. The number of hydrogen-bond acceptors (Lipinski definition) is 4. The molecule has 146 valence electrons.